The van der Waals surface area contributed by atoms with Crippen LogP contribution in [-0.4, -0.2) is 16.1 Å². The first-order chi connectivity index (χ1) is 12.9. The van der Waals surface area contributed by atoms with Gasteiger partial charge in [-0.25, -0.2) is 0 Å². The largest absolute Gasteiger partial charge is 0.416 e. The SMILES string of the molecule is O=C(Nc1cc(-c2ccc(C(F)(F)F)cc2)[nH]n1)C1Cc2ccccc2C1. The number of H-pyrrole nitrogens is 1. The van der Waals surface area contributed by atoms with Crippen molar-refractivity contribution >= 4 is 11.7 Å². The lowest BCUT2D eigenvalue weighted by molar-refractivity contribution is -0.137. The number of nitrogens with zero attached hydrogens (tertiary/aromatic N) is 1. The van der Waals surface area contributed by atoms with Crippen LogP contribution in [0.5, 0.6) is 0 Å². The molecule has 1 aliphatic carbocycles. The number of carbonyl (C=O) groups is 1. The number of aromatic amines is 1. The van der Waals surface area contributed by atoms with Crippen LogP contribution in [0.3, 0.4) is 0 Å². The molecule has 0 bridgehead atoms. The Morgan fingerprint density at radius 3 is 2.26 bits per heavy atom. The third kappa shape index (κ3) is 3.58. The highest BCUT2D eigenvalue weighted by Gasteiger charge is 2.30. The van der Waals surface area contributed by atoms with E-state index in [1.54, 1.807) is 6.07 Å². The number of alkyl halides is 3. The molecule has 4 rings (SSSR count). The summed E-state index contributed by atoms with van der Waals surface area (Å²) in [6, 6.07) is 14.4. The van der Waals surface area contributed by atoms with Crippen molar-refractivity contribution in [1.82, 2.24) is 10.2 Å². The van der Waals surface area contributed by atoms with Crippen molar-refractivity contribution in [3.63, 3.8) is 0 Å². The highest BCUT2D eigenvalue weighted by Crippen LogP contribution is 2.31. The van der Waals surface area contributed by atoms with Crippen LogP contribution >= 0.6 is 0 Å². The van der Waals surface area contributed by atoms with Gasteiger partial charge in [-0.2, -0.15) is 18.3 Å². The molecule has 0 unspecified atom stereocenters. The van der Waals surface area contributed by atoms with Crippen LogP contribution in [0.25, 0.3) is 11.3 Å². The molecule has 3 aromatic rings. The van der Waals surface area contributed by atoms with Gasteiger partial charge in [0.15, 0.2) is 5.82 Å². The summed E-state index contributed by atoms with van der Waals surface area (Å²) in [5.74, 6) is 0.0937. The Hall–Kier alpha value is -3.09. The third-order valence-corrected chi connectivity index (χ3v) is 4.77. The predicted molar refractivity (Wildman–Crippen MR) is 95.0 cm³/mol. The molecule has 0 atom stereocenters. The molecule has 0 radical (unpaired) electrons. The summed E-state index contributed by atoms with van der Waals surface area (Å²) in [6.07, 6.45) is -2.99. The van der Waals surface area contributed by atoms with Crippen LogP contribution < -0.4 is 5.32 Å². The quantitative estimate of drug-likeness (QED) is 0.715. The second-order valence-electron chi connectivity index (χ2n) is 6.61. The summed E-state index contributed by atoms with van der Waals surface area (Å²) in [7, 11) is 0. The first-order valence-electron chi connectivity index (χ1n) is 8.51. The standard InChI is InChI=1S/C20H16F3N3O/c21-20(22,23)16-7-5-12(6-8-16)17-11-18(26-25-17)24-19(27)15-9-13-3-1-2-4-14(13)10-15/h1-8,11,15H,9-10H2,(H2,24,25,26,27). The topological polar surface area (TPSA) is 57.8 Å². The lowest BCUT2D eigenvalue weighted by Gasteiger charge is -2.08. The lowest BCUT2D eigenvalue weighted by Crippen LogP contribution is -2.23. The molecule has 2 aromatic carbocycles. The minimum Gasteiger partial charge on any atom is -0.309 e. The van der Waals surface area contributed by atoms with Gasteiger partial charge in [-0.1, -0.05) is 36.4 Å². The number of fused-ring (bicyclic) bond motifs is 1. The second-order valence-corrected chi connectivity index (χ2v) is 6.61. The molecule has 138 valence electrons. The molecular weight excluding hydrogens is 355 g/mol. The van der Waals surface area contributed by atoms with Crippen molar-refractivity contribution in [2.45, 2.75) is 19.0 Å². The monoisotopic (exact) mass is 371 g/mol. The van der Waals surface area contributed by atoms with Crippen molar-refractivity contribution in [1.29, 1.82) is 0 Å². The Bertz CT molecular complexity index is 952. The Morgan fingerprint density at radius 2 is 1.67 bits per heavy atom. The van der Waals surface area contributed by atoms with Crippen molar-refractivity contribution in [3.8, 4) is 11.3 Å². The summed E-state index contributed by atoms with van der Waals surface area (Å²) in [5, 5.41) is 9.58. The maximum Gasteiger partial charge on any atom is 0.416 e. The molecule has 1 heterocycles. The number of anilines is 1. The zero-order chi connectivity index (χ0) is 19.0. The summed E-state index contributed by atoms with van der Waals surface area (Å²) < 4.78 is 37.9. The van der Waals surface area contributed by atoms with E-state index in [4.69, 9.17) is 0 Å². The average Bonchev–Trinajstić information content (AvgIpc) is 3.28. The highest BCUT2D eigenvalue weighted by molar-refractivity contribution is 5.93. The summed E-state index contributed by atoms with van der Waals surface area (Å²) in [4.78, 5) is 12.5. The van der Waals surface area contributed by atoms with Gasteiger partial charge >= 0.3 is 6.18 Å². The fraction of sp³-hybridized carbons (Fsp3) is 0.200. The van der Waals surface area contributed by atoms with Crippen LogP contribution in [0.4, 0.5) is 19.0 Å². The Labute approximate surface area is 153 Å². The van der Waals surface area contributed by atoms with Gasteiger partial charge in [0, 0.05) is 12.0 Å². The maximum atomic E-state index is 12.6. The van der Waals surface area contributed by atoms with Gasteiger partial charge in [0.1, 0.15) is 0 Å². The zero-order valence-electron chi connectivity index (χ0n) is 14.2. The predicted octanol–water partition coefficient (Wildman–Crippen LogP) is 4.45. The van der Waals surface area contributed by atoms with Gasteiger partial charge in [0.05, 0.1) is 11.3 Å². The molecule has 7 heteroatoms. The van der Waals surface area contributed by atoms with Crippen molar-refractivity contribution in [3.05, 3.63) is 71.3 Å². The normalized spacial score (nSPS) is 14.2. The molecule has 1 aliphatic rings. The van der Waals surface area contributed by atoms with Crippen LogP contribution in [0, 0.1) is 5.92 Å². The molecule has 1 aromatic heterocycles. The molecule has 2 N–H and O–H groups in total. The van der Waals surface area contributed by atoms with Gasteiger partial charge in [0.25, 0.3) is 0 Å². The van der Waals surface area contributed by atoms with E-state index in [0.29, 0.717) is 29.9 Å². The van der Waals surface area contributed by atoms with E-state index in [1.807, 2.05) is 24.3 Å². The number of benzene rings is 2. The van der Waals surface area contributed by atoms with E-state index in [2.05, 4.69) is 15.5 Å². The van der Waals surface area contributed by atoms with Crippen LogP contribution in [0.2, 0.25) is 0 Å². The number of aromatic nitrogens is 2. The number of amides is 1. The second kappa shape index (κ2) is 6.57. The van der Waals surface area contributed by atoms with Gasteiger partial charge < -0.3 is 5.32 Å². The van der Waals surface area contributed by atoms with E-state index in [1.165, 1.54) is 23.3 Å². The molecule has 0 spiro atoms. The van der Waals surface area contributed by atoms with E-state index < -0.39 is 11.7 Å². The van der Waals surface area contributed by atoms with Crippen molar-refractivity contribution < 1.29 is 18.0 Å². The number of halogens is 3. The van der Waals surface area contributed by atoms with E-state index >= 15 is 0 Å². The third-order valence-electron chi connectivity index (χ3n) is 4.77. The van der Waals surface area contributed by atoms with Crippen molar-refractivity contribution in [2.24, 2.45) is 5.92 Å². The Kier molecular flexibility index (Phi) is 4.22. The number of hydrogen-bond acceptors (Lipinski definition) is 2. The van der Waals surface area contributed by atoms with Gasteiger partial charge in [0.2, 0.25) is 5.91 Å². The first-order valence-corrected chi connectivity index (χ1v) is 8.51. The van der Waals surface area contributed by atoms with E-state index in [0.717, 1.165) is 12.1 Å². The fourth-order valence-corrected chi connectivity index (χ4v) is 3.34. The van der Waals surface area contributed by atoms with Gasteiger partial charge in [-0.15, -0.1) is 0 Å². The average molecular weight is 371 g/mol. The number of carbonyl (C=O) groups excluding carboxylic acids is 1. The van der Waals surface area contributed by atoms with E-state index in [9.17, 15) is 18.0 Å². The van der Waals surface area contributed by atoms with Gasteiger partial charge in [-0.3, -0.25) is 9.89 Å². The van der Waals surface area contributed by atoms with Crippen LogP contribution in [0.1, 0.15) is 16.7 Å². The van der Waals surface area contributed by atoms with Crippen LogP contribution in [-0.2, 0) is 23.8 Å². The number of nitrogens with one attached hydrogen (secondary N) is 2. The molecule has 27 heavy (non-hydrogen) atoms. The molecule has 0 saturated heterocycles. The Balaban J connectivity index is 1.43. The summed E-state index contributed by atoms with van der Waals surface area (Å²) >= 11 is 0. The summed E-state index contributed by atoms with van der Waals surface area (Å²) in [5.41, 5.74) is 2.76. The lowest BCUT2D eigenvalue weighted by atomic mass is 10.1. The molecule has 1 amide bonds. The summed E-state index contributed by atoms with van der Waals surface area (Å²) in [6.45, 7) is 0. The zero-order valence-corrected chi connectivity index (χ0v) is 14.2. The number of hydrogen-bond donors (Lipinski definition) is 2. The van der Waals surface area contributed by atoms with Crippen molar-refractivity contribution in [2.75, 3.05) is 5.32 Å². The highest BCUT2D eigenvalue weighted by atomic mass is 19.4. The molecule has 0 aliphatic heterocycles. The molecular formula is C20H16F3N3O. The minimum absolute atomic E-state index is 0.114. The Morgan fingerprint density at radius 1 is 1.04 bits per heavy atom. The van der Waals surface area contributed by atoms with E-state index in [-0.39, 0.29) is 11.8 Å². The fourth-order valence-electron chi connectivity index (χ4n) is 3.34. The molecule has 4 nitrogen and oxygen atoms in total. The first kappa shape index (κ1) is 17.3. The number of rotatable bonds is 3. The van der Waals surface area contributed by atoms with Gasteiger partial charge in [-0.05, 0) is 41.7 Å². The molecule has 0 fully saturated rings. The maximum absolute atomic E-state index is 12.6. The van der Waals surface area contributed by atoms with Crippen LogP contribution in [0.15, 0.2) is 54.6 Å². The smallest absolute Gasteiger partial charge is 0.309 e. The molecule has 0 saturated carbocycles. The minimum atomic E-state index is -4.37.